The fourth-order valence-electron chi connectivity index (χ4n) is 7.82. The van der Waals surface area contributed by atoms with Gasteiger partial charge in [0.1, 0.15) is 36.2 Å². The number of β-lactam (4-membered cyclic amide) rings is 1. The van der Waals surface area contributed by atoms with Crippen molar-refractivity contribution in [1.82, 2.24) is 30.0 Å². The molecular weight excluding hydrogens is 1060 g/mol. The van der Waals surface area contributed by atoms with Crippen molar-refractivity contribution in [2.24, 2.45) is 5.16 Å². The molecule has 2 aliphatic heterocycles. The molecule has 7 rings (SSSR count). The largest absolute Gasteiger partial charge is 0.618 e. The maximum atomic E-state index is 14.1. The van der Waals surface area contributed by atoms with Gasteiger partial charge < -0.3 is 49.0 Å². The number of pyridine rings is 1. The van der Waals surface area contributed by atoms with Crippen molar-refractivity contribution in [3.63, 3.8) is 0 Å². The molecule has 5 amide bonds. The summed E-state index contributed by atoms with van der Waals surface area (Å²) in [7, 11) is -5.26. The Morgan fingerprint density at radius 1 is 0.923 bits per heavy atom. The average molecular weight is 1120 g/mol. The molecule has 4 N–H and O–H groups in total. The molecule has 0 bridgehead atoms. The molecule has 2 aliphatic rings. The monoisotopic (exact) mass is 1120 g/mol. The Morgan fingerprint density at radius 2 is 1.55 bits per heavy atom. The van der Waals surface area contributed by atoms with Gasteiger partial charge in [-0.05, 0) is 72.9 Å². The third-order valence-electron chi connectivity index (χ3n) is 11.7. The van der Waals surface area contributed by atoms with Crippen LogP contribution in [-0.2, 0) is 52.2 Å². The first-order valence-corrected chi connectivity index (χ1v) is 26.6. The SMILES string of the molecule is Cc1c(OCc2ccccc2)c(OCc2ccccc2)cc(C(=O)N2CC[C@@H](c3cc(C(=O)NC[C@@H]4[C@H](NC(=O)/C(=N\OC(C)(C)C(=O)OC(C)(C)C)c5csc(NC(=O)OC(C)(C)C)n5)C(=O)N4S(=O)(=O)O)on3)C2)[n+]1[O-]. The van der Waals surface area contributed by atoms with E-state index in [1.165, 1.54) is 43.2 Å². The van der Waals surface area contributed by atoms with Crippen molar-refractivity contribution in [2.75, 3.05) is 25.0 Å². The van der Waals surface area contributed by atoms with Crippen molar-refractivity contribution in [2.45, 2.75) is 117 Å². The first kappa shape index (κ1) is 57.5. The lowest BCUT2D eigenvalue weighted by atomic mass is 9.98. The second-order valence-electron chi connectivity index (χ2n) is 20.6. The zero-order valence-electron chi connectivity index (χ0n) is 44.1. The van der Waals surface area contributed by atoms with Gasteiger partial charge in [-0.3, -0.25) is 29.0 Å². The van der Waals surface area contributed by atoms with Crippen LogP contribution in [0.5, 0.6) is 11.5 Å². The van der Waals surface area contributed by atoms with Crippen LogP contribution in [0, 0.1) is 12.1 Å². The quantitative estimate of drug-likeness (QED) is 0.0161. The molecule has 2 aromatic carbocycles. The Balaban J connectivity index is 1.03. The Hall–Kier alpha value is -8.17. The molecule has 0 spiro atoms. The fourth-order valence-corrected chi connectivity index (χ4v) is 9.38. The van der Waals surface area contributed by atoms with E-state index in [1.807, 2.05) is 60.7 Å². The maximum absolute atomic E-state index is 14.1. The van der Waals surface area contributed by atoms with Crippen molar-refractivity contribution in [1.29, 1.82) is 0 Å². The van der Waals surface area contributed by atoms with E-state index in [-0.39, 0.29) is 75.8 Å². The van der Waals surface area contributed by atoms with Crippen molar-refractivity contribution in [3.05, 3.63) is 123 Å². The number of nitrogens with one attached hydrogen (secondary N) is 3. The minimum Gasteiger partial charge on any atom is -0.618 e. The number of aromatic nitrogens is 3. The van der Waals surface area contributed by atoms with E-state index >= 15 is 0 Å². The van der Waals surface area contributed by atoms with Crippen LogP contribution >= 0.6 is 11.3 Å². The number of amides is 5. The van der Waals surface area contributed by atoms with Gasteiger partial charge in [-0.2, -0.15) is 13.1 Å². The molecule has 0 radical (unpaired) electrons. The number of benzene rings is 2. The number of anilines is 1. The summed E-state index contributed by atoms with van der Waals surface area (Å²) >= 11 is 0.845. The van der Waals surface area contributed by atoms with Gasteiger partial charge in [0.15, 0.2) is 16.6 Å². The summed E-state index contributed by atoms with van der Waals surface area (Å²) in [5.41, 5.74) is -2.64. The minimum absolute atomic E-state index is 0.0512. The summed E-state index contributed by atoms with van der Waals surface area (Å²) in [5, 5.41) is 30.1. The number of thiazole rings is 1. The lowest BCUT2D eigenvalue weighted by molar-refractivity contribution is -0.615. The minimum atomic E-state index is -5.26. The van der Waals surface area contributed by atoms with Gasteiger partial charge in [0.2, 0.25) is 22.8 Å². The summed E-state index contributed by atoms with van der Waals surface area (Å²) in [6.45, 7) is 13.8. The molecule has 3 atom stereocenters. The highest BCUT2D eigenvalue weighted by Crippen LogP contribution is 2.34. The van der Waals surface area contributed by atoms with E-state index < -0.39 is 93.1 Å². The highest BCUT2D eigenvalue weighted by atomic mass is 32.2. The topological polar surface area (TPSA) is 324 Å². The van der Waals surface area contributed by atoms with Gasteiger partial charge in [0.05, 0.1) is 17.8 Å². The summed E-state index contributed by atoms with van der Waals surface area (Å²) in [6, 6.07) is 18.0. The molecule has 0 unspecified atom stereocenters. The highest BCUT2D eigenvalue weighted by Gasteiger charge is 2.54. The van der Waals surface area contributed by atoms with E-state index in [9.17, 15) is 46.9 Å². The molecule has 2 fully saturated rings. The number of hydrogen-bond acceptors (Lipinski definition) is 19. The molecule has 25 nitrogen and oxygen atoms in total. The smallest absolute Gasteiger partial charge is 0.413 e. The van der Waals surface area contributed by atoms with Crippen LogP contribution in [0.4, 0.5) is 9.93 Å². The zero-order chi connectivity index (χ0) is 56.9. The molecule has 2 saturated heterocycles. The molecule has 78 heavy (non-hydrogen) atoms. The van der Waals surface area contributed by atoms with Gasteiger partial charge in [0, 0.05) is 43.9 Å². The molecule has 27 heteroatoms. The number of rotatable bonds is 19. The van der Waals surface area contributed by atoms with Crippen molar-refractivity contribution < 1.29 is 74.8 Å². The van der Waals surface area contributed by atoms with Crippen LogP contribution in [0.2, 0.25) is 0 Å². The third kappa shape index (κ3) is 14.2. The van der Waals surface area contributed by atoms with Crippen LogP contribution in [0.15, 0.2) is 87.9 Å². The number of ether oxygens (including phenoxy) is 4. The molecule has 0 aliphatic carbocycles. The van der Waals surface area contributed by atoms with Crippen LogP contribution in [0.25, 0.3) is 0 Å². The number of hydrogen-bond donors (Lipinski definition) is 4. The number of likely N-dealkylation sites (tertiary alicyclic amines) is 1. The van der Waals surface area contributed by atoms with Gasteiger partial charge in [-0.15, -0.1) is 11.3 Å². The summed E-state index contributed by atoms with van der Waals surface area (Å²) in [5.74, 6) is -5.34. The standard InChI is InChI=1S/C51H59N9O16S2/c1-29-41(72-27-31-18-14-11-15-19-31)37(71-26-30-16-12-10-13-17-30)23-35(59(29)67)44(63)58-21-20-32(25-58)33-22-38(75-56-33)42(61)52-24-36-40(45(64)60(36)78(68,69)70)54-43(62)39(57-76-51(8,9)46(65)73-49(2,3)4)34-28-77-47(53-34)55-48(66)74-50(5,6)7/h10-19,22-23,28,32,36,40H,20-21,24-27H2,1-9H3,(H,52,61)(H,54,62)(H,53,55,66)(H,68,69,70)/b57-39-/t32-,36-,40+/m1/s1. The number of carbonyl (C=O) groups is 6. The van der Waals surface area contributed by atoms with E-state index in [0.717, 1.165) is 22.5 Å². The van der Waals surface area contributed by atoms with Gasteiger partial charge in [-0.1, -0.05) is 71.0 Å². The highest BCUT2D eigenvalue weighted by molar-refractivity contribution is 7.84. The van der Waals surface area contributed by atoms with Crippen LogP contribution in [-0.4, -0.2) is 122 Å². The zero-order valence-corrected chi connectivity index (χ0v) is 45.7. The summed E-state index contributed by atoms with van der Waals surface area (Å²) in [4.78, 5) is 91.6. The molecule has 5 aromatic rings. The molecule has 416 valence electrons. The lowest BCUT2D eigenvalue weighted by Crippen LogP contribution is -2.74. The first-order chi connectivity index (χ1) is 36.6. The third-order valence-corrected chi connectivity index (χ3v) is 13.4. The lowest BCUT2D eigenvalue weighted by Gasteiger charge is -2.44. The first-order valence-electron chi connectivity index (χ1n) is 24.3. The summed E-state index contributed by atoms with van der Waals surface area (Å²) in [6.07, 6.45) is -0.514. The van der Waals surface area contributed by atoms with E-state index in [1.54, 1.807) is 41.5 Å². The van der Waals surface area contributed by atoms with Crippen molar-refractivity contribution in [3.8, 4) is 11.5 Å². The fraction of sp³-hybridized carbons (Fsp3) is 0.412. The van der Waals surface area contributed by atoms with Crippen molar-refractivity contribution >= 4 is 68.2 Å². The normalized spacial score (nSPS) is 16.9. The van der Waals surface area contributed by atoms with Gasteiger partial charge >= 0.3 is 28.3 Å². The number of oxime groups is 1. The van der Waals surface area contributed by atoms with Crippen LogP contribution < -0.4 is 30.2 Å². The van der Waals surface area contributed by atoms with E-state index in [4.69, 9.17) is 28.3 Å². The molecule has 5 heterocycles. The van der Waals surface area contributed by atoms with Gasteiger partial charge in [0.25, 0.3) is 23.4 Å². The molecule has 3 aromatic heterocycles. The maximum Gasteiger partial charge on any atom is 0.413 e. The predicted octanol–water partition coefficient (Wildman–Crippen LogP) is 4.98. The van der Waals surface area contributed by atoms with Crippen LogP contribution in [0.3, 0.4) is 0 Å². The van der Waals surface area contributed by atoms with E-state index in [0.29, 0.717) is 11.2 Å². The Bertz CT molecular complexity index is 3210. The molecule has 0 saturated carbocycles. The second-order valence-corrected chi connectivity index (χ2v) is 22.7. The number of nitrogens with zero attached hydrogens (tertiary/aromatic N) is 6. The van der Waals surface area contributed by atoms with Crippen LogP contribution in [0.1, 0.15) is 117 Å². The Labute approximate surface area is 452 Å². The Kier molecular flexibility index (Phi) is 17.1. The predicted molar refractivity (Wildman–Crippen MR) is 277 cm³/mol. The second kappa shape index (κ2) is 23.2. The Morgan fingerprint density at radius 3 is 2.17 bits per heavy atom. The number of esters is 1. The number of carbonyl (C=O) groups excluding carboxylic acids is 6. The van der Waals surface area contributed by atoms with E-state index in [2.05, 4.69) is 31.2 Å². The average Bonchev–Trinajstić information content (AvgIpc) is 4.18. The van der Waals surface area contributed by atoms with Gasteiger partial charge in [-0.25, -0.2) is 18.9 Å². The molecular formula is C51H59N9O16S2. The summed E-state index contributed by atoms with van der Waals surface area (Å²) < 4.78 is 63.8.